The Labute approximate surface area is 174 Å². The van der Waals surface area contributed by atoms with Crippen LogP contribution in [-0.2, 0) is 19.6 Å². The van der Waals surface area contributed by atoms with Gasteiger partial charge in [-0.1, -0.05) is 0 Å². The third kappa shape index (κ3) is 4.88. The maximum atomic E-state index is 13.1. The Bertz CT molecular complexity index is 998. The van der Waals surface area contributed by atoms with Crippen LogP contribution in [0.25, 0.3) is 0 Å². The van der Waals surface area contributed by atoms with Crippen molar-refractivity contribution < 1.29 is 27.6 Å². The molecule has 9 nitrogen and oxygen atoms in total. The van der Waals surface area contributed by atoms with E-state index in [1.165, 1.54) is 0 Å². The number of nitro benzene ring substituents is 1. The fourth-order valence-corrected chi connectivity index (χ4v) is 4.66. The van der Waals surface area contributed by atoms with Gasteiger partial charge in [-0.3, -0.25) is 19.2 Å². The van der Waals surface area contributed by atoms with Crippen LogP contribution < -0.4 is 9.04 Å². The molecule has 0 atom stereocenters. The van der Waals surface area contributed by atoms with Crippen molar-refractivity contribution >= 4 is 27.4 Å². The lowest BCUT2D eigenvalue weighted by Gasteiger charge is -2.24. The van der Waals surface area contributed by atoms with E-state index in [2.05, 4.69) is 4.74 Å². The van der Waals surface area contributed by atoms with Gasteiger partial charge in [0.05, 0.1) is 28.7 Å². The summed E-state index contributed by atoms with van der Waals surface area (Å²) in [5.41, 5.74) is 0.0133. The quantitative estimate of drug-likeness (QED) is 0.356. The Balaban J connectivity index is 1.89. The van der Waals surface area contributed by atoms with Crippen molar-refractivity contribution in [1.82, 2.24) is 0 Å². The van der Waals surface area contributed by atoms with Gasteiger partial charge >= 0.3 is 5.97 Å². The molecule has 0 unspecified atom stereocenters. The molecule has 10 heteroatoms. The van der Waals surface area contributed by atoms with E-state index < -0.39 is 27.5 Å². The van der Waals surface area contributed by atoms with Gasteiger partial charge in [-0.2, -0.15) is 0 Å². The van der Waals surface area contributed by atoms with Crippen LogP contribution in [0.4, 0.5) is 11.4 Å². The van der Waals surface area contributed by atoms with E-state index in [9.17, 15) is 23.3 Å². The van der Waals surface area contributed by atoms with Gasteiger partial charge in [-0.15, -0.1) is 0 Å². The number of carbonyl (C=O) groups is 1. The lowest BCUT2D eigenvalue weighted by atomic mass is 10.2. The van der Waals surface area contributed by atoms with Crippen LogP contribution in [0.3, 0.4) is 0 Å². The molecule has 1 fully saturated rings. The van der Waals surface area contributed by atoms with Crippen LogP contribution in [0.2, 0.25) is 0 Å². The Morgan fingerprint density at radius 2 is 1.70 bits per heavy atom. The summed E-state index contributed by atoms with van der Waals surface area (Å²) in [6, 6.07) is 10.9. The van der Waals surface area contributed by atoms with E-state index in [4.69, 9.17) is 4.74 Å². The summed E-state index contributed by atoms with van der Waals surface area (Å²) in [5.74, 6) is -0.122. The summed E-state index contributed by atoms with van der Waals surface area (Å²) in [6.07, 6.45) is 4.40. The molecule has 2 aromatic carbocycles. The first-order valence-electron chi connectivity index (χ1n) is 9.42. The number of rotatable bonds is 8. The van der Waals surface area contributed by atoms with Crippen LogP contribution in [-0.4, -0.2) is 39.1 Å². The molecule has 0 amide bonds. The Morgan fingerprint density at radius 1 is 1.10 bits per heavy atom. The minimum absolute atomic E-state index is 0.158. The summed E-state index contributed by atoms with van der Waals surface area (Å²) in [5, 5.41) is 10.8. The highest BCUT2D eigenvalue weighted by molar-refractivity contribution is 7.92. The number of nitrogens with zero attached hydrogens (tertiary/aromatic N) is 2. The minimum Gasteiger partial charge on any atom is -0.490 e. The molecule has 0 bridgehead atoms. The Morgan fingerprint density at radius 3 is 2.23 bits per heavy atom. The molecule has 0 heterocycles. The van der Waals surface area contributed by atoms with Gasteiger partial charge in [0.2, 0.25) is 0 Å². The molecule has 1 aliphatic carbocycles. The Kier molecular flexibility index (Phi) is 6.56. The predicted molar refractivity (Wildman–Crippen MR) is 109 cm³/mol. The molecular formula is C20H22N2O7S. The number of non-ortho nitro benzene ring substituents is 1. The van der Waals surface area contributed by atoms with E-state index in [1.54, 1.807) is 24.3 Å². The highest BCUT2D eigenvalue weighted by atomic mass is 32.2. The average Bonchev–Trinajstić information content (AvgIpc) is 3.25. The monoisotopic (exact) mass is 434 g/mol. The van der Waals surface area contributed by atoms with E-state index >= 15 is 0 Å². The van der Waals surface area contributed by atoms with E-state index in [0.29, 0.717) is 5.75 Å². The zero-order chi connectivity index (χ0) is 21.7. The summed E-state index contributed by atoms with van der Waals surface area (Å²) in [7, 11) is -3.00. The van der Waals surface area contributed by atoms with Crippen molar-refractivity contribution in [3.05, 3.63) is 58.6 Å². The molecule has 1 aliphatic rings. The SMILES string of the molecule is COC(=O)CN(c1ccc(OC2CCCC2)cc1)S(=O)(=O)c1ccc([N+](=O)[O-])cc1. The first-order chi connectivity index (χ1) is 14.3. The number of anilines is 1. The smallest absolute Gasteiger partial charge is 0.326 e. The number of carbonyl (C=O) groups excluding carboxylic acids is 1. The van der Waals surface area contributed by atoms with Gasteiger partial charge in [-0.05, 0) is 62.1 Å². The van der Waals surface area contributed by atoms with Crippen molar-refractivity contribution in [3.8, 4) is 5.75 Å². The van der Waals surface area contributed by atoms with Crippen LogP contribution >= 0.6 is 0 Å². The van der Waals surface area contributed by atoms with Gasteiger partial charge in [0.15, 0.2) is 0 Å². The normalized spacial score (nSPS) is 14.3. The highest BCUT2D eigenvalue weighted by Crippen LogP contribution is 2.29. The number of nitro groups is 1. The van der Waals surface area contributed by atoms with Crippen LogP contribution in [0.5, 0.6) is 5.75 Å². The van der Waals surface area contributed by atoms with Gasteiger partial charge in [0.25, 0.3) is 15.7 Å². The summed E-state index contributed by atoms with van der Waals surface area (Å²) < 4.78 is 37.7. The lowest BCUT2D eigenvalue weighted by molar-refractivity contribution is -0.384. The van der Waals surface area contributed by atoms with E-state index in [1.807, 2.05) is 0 Å². The number of methoxy groups -OCH3 is 1. The summed E-state index contributed by atoms with van der Waals surface area (Å²) in [6.45, 7) is -0.543. The van der Waals surface area contributed by atoms with Crippen molar-refractivity contribution in [2.75, 3.05) is 18.0 Å². The maximum absolute atomic E-state index is 13.1. The second kappa shape index (κ2) is 9.12. The number of benzene rings is 2. The molecule has 0 saturated heterocycles. The molecule has 1 saturated carbocycles. The van der Waals surface area contributed by atoms with E-state index in [0.717, 1.165) is 61.4 Å². The molecule has 3 rings (SSSR count). The second-order valence-corrected chi connectivity index (χ2v) is 8.72. The molecule has 30 heavy (non-hydrogen) atoms. The predicted octanol–water partition coefficient (Wildman–Crippen LogP) is 3.28. The fraction of sp³-hybridized carbons (Fsp3) is 0.350. The minimum atomic E-state index is -4.17. The van der Waals surface area contributed by atoms with Crippen LogP contribution in [0, 0.1) is 10.1 Å². The molecule has 0 radical (unpaired) electrons. The summed E-state index contributed by atoms with van der Waals surface area (Å²) in [4.78, 5) is 21.9. The van der Waals surface area contributed by atoms with Crippen molar-refractivity contribution in [3.63, 3.8) is 0 Å². The molecule has 0 spiro atoms. The number of esters is 1. The van der Waals surface area contributed by atoms with Crippen molar-refractivity contribution in [2.45, 2.75) is 36.7 Å². The molecule has 2 aromatic rings. The summed E-state index contributed by atoms with van der Waals surface area (Å²) >= 11 is 0. The topological polar surface area (TPSA) is 116 Å². The number of ether oxygens (including phenoxy) is 2. The first kappa shape index (κ1) is 21.6. The van der Waals surface area contributed by atoms with E-state index in [-0.39, 0.29) is 22.4 Å². The van der Waals surface area contributed by atoms with Gasteiger partial charge in [-0.25, -0.2) is 8.42 Å². The Hall–Kier alpha value is -3.14. The molecule has 0 aromatic heterocycles. The zero-order valence-electron chi connectivity index (χ0n) is 16.4. The third-order valence-electron chi connectivity index (χ3n) is 4.87. The van der Waals surface area contributed by atoms with Gasteiger partial charge < -0.3 is 9.47 Å². The van der Waals surface area contributed by atoms with Crippen molar-refractivity contribution in [1.29, 1.82) is 0 Å². The zero-order valence-corrected chi connectivity index (χ0v) is 17.2. The van der Waals surface area contributed by atoms with Crippen LogP contribution in [0.15, 0.2) is 53.4 Å². The van der Waals surface area contributed by atoms with Gasteiger partial charge in [0, 0.05) is 12.1 Å². The largest absolute Gasteiger partial charge is 0.490 e. The number of hydrogen-bond acceptors (Lipinski definition) is 7. The molecular weight excluding hydrogens is 412 g/mol. The highest BCUT2D eigenvalue weighted by Gasteiger charge is 2.28. The molecule has 0 aliphatic heterocycles. The first-order valence-corrected chi connectivity index (χ1v) is 10.9. The number of sulfonamides is 1. The molecule has 0 N–H and O–H groups in total. The average molecular weight is 434 g/mol. The lowest BCUT2D eigenvalue weighted by Crippen LogP contribution is -2.36. The third-order valence-corrected chi connectivity index (χ3v) is 6.65. The maximum Gasteiger partial charge on any atom is 0.326 e. The van der Waals surface area contributed by atoms with Crippen molar-refractivity contribution in [2.24, 2.45) is 0 Å². The van der Waals surface area contributed by atoms with Crippen LogP contribution in [0.1, 0.15) is 25.7 Å². The second-order valence-electron chi connectivity index (χ2n) is 6.86. The number of hydrogen-bond donors (Lipinski definition) is 0. The standard InChI is InChI=1S/C20H22N2O7S/c1-28-20(23)14-21(30(26,27)19-12-8-16(9-13-19)22(24)25)15-6-10-18(11-7-15)29-17-4-2-3-5-17/h6-13,17H,2-5,14H2,1H3. The van der Waals surface area contributed by atoms with Gasteiger partial charge in [0.1, 0.15) is 12.3 Å². The fourth-order valence-electron chi connectivity index (χ4n) is 3.25. The molecule has 160 valence electrons.